The number of aromatic carboxylic acids is 1. The second kappa shape index (κ2) is 9.50. The van der Waals surface area contributed by atoms with E-state index in [-0.39, 0.29) is 40.6 Å². The molecule has 0 spiro atoms. The van der Waals surface area contributed by atoms with Gasteiger partial charge in [0.25, 0.3) is 11.8 Å². The highest BCUT2D eigenvalue weighted by atomic mass is 19.3. The van der Waals surface area contributed by atoms with E-state index < -0.39 is 35.9 Å². The topological polar surface area (TPSA) is 144 Å². The lowest BCUT2D eigenvalue weighted by molar-refractivity contribution is -0.286. The Bertz CT molecular complexity index is 1770. The first kappa shape index (κ1) is 26.1. The number of aromatic nitrogens is 3. The molecule has 11 nitrogen and oxygen atoms in total. The zero-order valence-corrected chi connectivity index (χ0v) is 21.2. The van der Waals surface area contributed by atoms with Crippen molar-refractivity contribution in [3.8, 4) is 11.5 Å². The monoisotopic (exact) mass is 567 g/mol. The Morgan fingerprint density at radius 1 is 1.12 bits per heavy atom. The van der Waals surface area contributed by atoms with Crippen LogP contribution >= 0.6 is 0 Å². The Morgan fingerprint density at radius 2 is 1.90 bits per heavy atom. The van der Waals surface area contributed by atoms with Gasteiger partial charge in [0.15, 0.2) is 23.0 Å². The van der Waals surface area contributed by atoms with Crippen LogP contribution in [0.15, 0.2) is 42.6 Å². The molecule has 3 N–H and O–H groups in total. The quantitative estimate of drug-likeness (QED) is 0.321. The molecule has 0 saturated carbocycles. The van der Waals surface area contributed by atoms with Gasteiger partial charge in [-0.15, -0.1) is 8.78 Å². The summed E-state index contributed by atoms with van der Waals surface area (Å²) < 4.78 is 50.8. The molecule has 2 aromatic heterocycles. The molecule has 1 aliphatic carbocycles. The fourth-order valence-electron chi connectivity index (χ4n) is 5.08. The minimum absolute atomic E-state index is 0.117. The highest BCUT2D eigenvalue weighted by Crippen LogP contribution is 2.41. The minimum atomic E-state index is -3.78. The number of carboxylic acids is 1. The third-order valence-corrected chi connectivity index (χ3v) is 7.04. The maximum absolute atomic E-state index is 14.5. The van der Waals surface area contributed by atoms with Crippen molar-refractivity contribution < 1.29 is 42.1 Å². The molecule has 0 saturated heterocycles. The number of fused-ring (bicyclic) bond motifs is 3. The van der Waals surface area contributed by atoms with Crippen molar-refractivity contribution >= 4 is 23.4 Å². The summed E-state index contributed by atoms with van der Waals surface area (Å²) in [6.45, 7) is 1.60. The van der Waals surface area contributed by atoms with Crippen LogP contribution in [-0.4, -0.2) is 43.8 Å². The minimum Gasteiger partial charge on any atom is -0.478 e. The Kier molecular flexibility index (Phi) is 6.05. The van der Waals surface area contributed by atoms with Gasteiger partial charge >= 0.3 is 12.3 Å². The SMILES string of the molecule is Cc1c(C(=O)O)ccc2c1CC[C@@H]2NC(=O)c1cc(C(=O)NCc2ccc3c(c2)OC(F)(F)O3)nc2c(F)cnn12. The third-order valence-electron chi connectivity index (χ3n) is 7.04. The molecule has 2 aliphatic rings. The zero-order valence-electron chi connectivity index (χ0n) is 21.2. The average Bonchev–Trinajstić information content (AvgIpc) is 3.60. The fourth-order valence-corrected chi connectivity index (χ4v) is 5.08. The van der Waals surface area contributed by atoms with E-state index in [1.165, 1.54) is 30.3 Å². The molecule has 2 aromatic carbocycles. The summed E-state index contributed by atoms with van der Waals surface area (Å²) in [6, 6.07) is 7.88. The Morgan fingerprint density at radius 3 is 2.68 bits per heavy atom. The van der Waals surface area contributed by atoms with Crippen molar-refractivity contribution in [1.82, 2.24) is 25.2 Å². The summed E-state index contributed by atoms with van der Waals surface area (Å²) in [5.41, 5.74) is 2.07. The van der Waals surface area contributed by atoms with Gasteiger partial charge in [-0.3, -0.25) is 9.59 Å². The molecule has 14 heteroatoms. The Balaban J connectivity index is 1.23. The highest BCUT2D eigenvalue weighted by molar-refractivity contribution is 5.98. The number of halogens is 3. The second-order valence-electron chi connectivity index (χ2n) is 9.56. The number of alkyl halides is 2. The van der Waals surface area contributed by atoms with Crippen LogP contribution in [0.3, 0.4) is 0 Å². The highest BCUT2D eigenvalue weighted by Gasteiger charge is 2.43. The van der Waals surface area contributed by atoms with Gasteiger partial charge in [-0.2, -0.15) is 5.10 Å². The third kappa shape index (κ3) is 4.66. The number of amides is 2. The molecule has 1 atom stereocenters. The predicted octanol–water partition coefficient (Wildman–Crippen LogP) is 3.54. The van der Waals surface area contributed by atoms with E-state index in [0.29, 0.717) is 24.0 Å². The van der Waals surface area contributed by atoms with Gasteiger partial charge in [0.2, 0.25) is 0 Å². The second-order valence-corrected chi connectivity index (χ2v) is 9.56. The van der Waals surface area contributed by atoms with E-state index in [4.69, 9.17) is 0 Å². The molecule has 6 rings (SSSR count). The van der Waals surface area contributed by atoms with E-state index in [9.17, 15) is 32.7 Å². The van der Waals surface area contributed by atoms with Crippen molar-refractivity contribution in [2.24, 2.45) is 0 Å². The molecule has 41 heavy (non-hydrogen) atoms. The van der Waals surface area contributed by atoms with Crippen LogP contribution in [0.1, 0.15) is 66.1 Å². The van der Waals surface area contributed by atoms with Gasteiger partial charge in [0.05, 0.1) is 17.8 Å². The lowest BCUT2D eigenvalue weighted by Crippen LogP contribution is -2.30. The van der Waals surface area contributed by atoms with Crippen LogP contribution < -0.4 is 20.1 Å². The zero-order chi connectivity index (χ0) is 29.1. The van der Waals surface area contributed by atoms with Gasteiger partial charge in [-0.1, -0.05) is 12.1 Å². The molecule has 0 unspecified atom stereocenters. The van der Waals surface area contributed by atoms with Gasteiger partial charge in [-0.25, -0.2) is 18.7 Å². The first-order chi connectivity index (χ1) is 19.5. The normalized spacial score (nSPS) is 16.4. The number of rotatable bonds is 6. The van der Waals surface area contributed by atoms with Crippen LogP contribution in [0.2, 0.25) is 0 Å². The number of benzene rings is 2. The summed E-state index contributed by atoms with van der Waals surface area (Å²) in [4.78, 5) is 41.8. The van der Waals surface area contributed by atoms with Crippen LogP contribution in [0.4, 0.5) is 13.2 Å². The maximum Gasteiger partial charge on any atom is 0.586 e. The van der Waals surface area contributed by atoms with E-state index in [2.05, 4.69) is 30.2 Å². The van der Waals surface area contributed by atoms with Crippen molar-refractivity contribution in [2.45, 2.75) is 38.6 Å². The largest absolute Gasteiger partial charge is 0.586 e. The summed E-state index contributed by atoms with van der Waals surface area (Å²) in [5.74, 6) is -3.63. The molecular weight excluding hydrogens is 547 g/mol. The molecule has 0 radical (unpaired) electrons. The summed E-state index contributed by atoms with van der Waals surface area (Å²) >= 11 is 0. The van der Waals surface area contributed by atoms with E-state index in [1.807, 2.05) is 0 Å². The van der Waals surface area contributed by atoms with E-state index in [0.717, 1.165) is 21.8 Å². The molecule has 0 fully saturated rings. The number of hydrogen-bond acceptors (Lipinski definition) is 7. The smallest absolute Gasteiger partial charge is 0.478 e. The number of nitrogens with zero attached hydrogens (tertiary/aromatic N) is 3. The summed E-state index contributed by atoms with van der Waals surface area (Å²) in [6.07, 6.45) is -1.84. The number of carboxylic acid groups (broad SMARTS) is 1. The maximum atomic E-state index is 14.5. The number of carbonyl (C=O) groups excluding carboxylic acids is 2. The lowest BCUT2D eigenvalue weighted by atomic mass is 9.98. The number of ether oxygens (including phenoxy) is 2. The van der Waals surface area contributed by atoms with Crippen molar-refractivity contribution in [3.63, 3.8) is 0 Å². The standard InChI is InChI=1S/C27H20F3N5O6/c1-12-14-5-6-18(16(14)4-3-15(12)26(38)39)34-25(37)20-9-19(33-23-17(28)11-32-35(20)23)24(36)31-10-13-2-7-21-22(8-13)41-27(29,30)40-21/h2-4,7-9,11,18H,5-6,10H2,1H3,(H,31,36)(H,34,37)(H,38,39)/t18-/m0/s1. The van der Waals surface area contributed by atoms with Crippen LogP contribution in [0.25, 0.3) is 5.65 Å². The molecule has 4 aromatic rings. The lowest BCUT2D eigenvalue weighted by Gasteiger charge is -2.16. The van der Waals surface area contributed by atoms with Crippen LogP contribution in [0, 0.1) is 12.7 Å². The fraction of sp³-hybridized carbons (Fsp3) is 0.222. The predicted molar refractivity (Wildman–Crippen MR) is 133 cm³/mol. The average molecular weight is 567 g/mol. The summed E-state index contributed by atoms with van der Waals surface area (Å²) in [7, 11) is 0. The van der Waals surface area contributed by atoms with Crippen LogP contribution in [0.5, 0.6) is 11.5 Å². The first-order valence-electron chi connectivity index (χ1n) is 12.4. The Hall–Kier alpha value is -5.14. The first-order valence-corrected chi connectivity index (χ1v) is 12.4. The number of carbonyl (C=O) groups is 3. The van der Waals surface area contributed by atoms with Gasteiger partial charge in [0.1, 0.15) is 11.4 Å². The molecule has 2 amide bonds. The van der Waals surface area contributed by atoms with Crippen molar-refractivity contribution in [1.29, 1.82) is 0 Å². The summed E-state index contributed by atoms with van der Waals surface area (Å²) in [5, 5.41) is 18.7. The van der Waals surface area contributed by atoms with Gasteiger partial charge < -0.3 is 25.2 Å². The van der Waals surface area contributed by atoms with E-state index >= 15 is 0 Å². The van der Waals surface area contributed by atoms with Gasteiger partial charge in [0, 0.05) is 12.6 Å². The van der Waals surface area contributed by atoms with E-state index in [1.54, 1.807) is 13.0 Å². The van der Waals surface area contributed by atoms with Gasteiger partial charge in [-0.05, 0) is 60.2 Å². The van der Waals surface area contributed by atoms with Crippen LogP contribution in [-0.2, 0) is 13.0 Å². The number of hydrogen-bond donors (Lipinski definition) is 3. The molecule has 3 heterocycles. The molecule has 0 bridgehead atoms. The Labute approximate surface area is 228 Å². The number of nitrogens with one attached hydrogen (secondary N) is 2. The molecule has 1 aliphatic heterocycles. The van der Waals surface area contributed by atoms with Crippen molar-refractivity contribution in [2.75, 3.05) is 0 Å². The van der Waals surface area contributed by atoms with Crippen molar-refractivity contribution in [3.05, 3.63) is 87.6 Å². The molecular formula is C27H20F3N5O6. The molecule has 210 valence electrons.